The summed E-state index contributed by atoms with van der Waals surface area (Å²) in [7, 11) is 0. The molecule has 7 heteroatoms. The van der Waals surface area contributed by atoms with Crippen molar-refractivity contribution in [3.63, 3.8) is 0 Å². The summed E-state index contributed by atoms with van der Waals surface area (Å²) in [6.07, 6.45) is 2.96. The normalized spacial score (nSPS) is 21.1. The first kappa shape index (κ1) is 18.0. The second kappa shape index (κ2) is 9.03. The summed E-state index contributed by atoms with van der Waals surface area (Å²) in [5.74, 6) is -0.403. The number of hydrogen-bond acceptors (Lipinski definition) is 6. The van der Waals surface area contributed by atoms with Gasteiger partial charge in [-0.05, 0) is 37.5 Å². The molecule has 1 N–H and O–H groups in total. The molecule has 3 rings (SSSR count). The van der Waals surface area contributed by atoms with Crippen molar-refractivity contribution >= 4 is 11.7 Å². The van der Waals surface area contributed by atoms with Crippen molar-refractivity contribution in [2.24, 2.45) is 0 Å². The minimum atomic E-state index is -0.967. The summed E-state index contributed by atoms with van der Waals surface area (Å²) in [4.78, 5) is 13.4. The Bertz CT molecular complexity index is 567. The lowest BCUT2D eigenvalue weighted by molar-refractivity contribution is -0.165. The van der Waals surface area contributed by atoms with Gasteiger partial charge in [0, 0.05) is 19.7 Å². The van der Waals surface area contributed by atoms with Crippen LogP contribution in [0.2, 0.25) is 0 Å². The molecule has 0 saturated carbocycles. The highest BCUT2D eigenvalue weighted by atomic mass is 16.7. The molecule has 0 amide bonds. The van der Waals surface area contributed by atoms with Crippen LogP contribution in [0, 0.1) is 0 Å². The van der Waals surface area contributed by atoms with Crippen LogP contribution in [-0.2, 0) is 14.2 Å². The Morgan fingerprint density at radius 2 is 2.04 bits per heavy atom. The molecule has 2 heterocycles. The summed E-state index contributed by atoms with van der Waals surface area (Å²) in [6, 6.07) is 4.98. The van der Waals surface area contributed by atoms with E-state index >= 15 is 0 Å². The van der Waals surface area contributed by atoms with E-state index in [1.54, 1.807) is 18.2 Å². The highest BCUT2D eigenvalue weighted by Gasteiger charge is 2.18. The Hall–Kier alpha value is -1.83. The van der Waals surface area contributed by atoms with E-state index in [1.807, 2.05) is 0 Å². The molecule has 2 aliphatic heterocycles. The van der Waals surface area contributed by atoms with Gasteiger partial charge >= 0.3 is 5.97 Å². The van der Waals surface area contributed by atoms with Crippen molar-refractivity contribution in [2.75, 3.05) is 51.0 Å². The van der Waals surface area contributed by atoms with E-state index in [0.717, 1.165) is 44.6 Å². The SMILES string of the molecule is O=C(O)c1ccc(N2CCOCC2)c(OCCOC2CCCCO2)c1. The van der Waals surface area contributed by atoms with E-state index in [-0.39, 0.29) is 11.9 Å². The lowest BCUT2D eigenvalue weighted by Crippen LogP contribution is -2.36. The first-order chi connectivity index (χ1) is 12.2. The Labute approximate surface area is 147 Å². The minimum Gasteiger partial charge on any atom is -0.489 e. The summed E-state index contributed by atoms with van der Waals surface area (Å²) in [5.41, 5.74) is 1.10. The zero-order chi connectivity index (χ0) is 17.5. The van der Waals surface area contributed by atoms with Gasteiger partial charge in [-0.2, -0.15) is 0 Å². The number of benzene rings is 1. The molecule has 2 aliphatic rings. The number of rotatable bonds is 7. The molecule has 1 atom stereocenters. The molecule has 25 heavy (non-hydrogen) atoms. The molecule has 138 valence electrons. The van der Waals surface area contributed by atoms with Gasteiger partial charge in [0.05, 0.1) is 31.1 Å². The van der Waals surface area contributed by atoms with Gasteiger partial charge in [0.2, 0.25) is 0 Å². The summed E-state index contributed by atoms with van der Waals surface area (Å²) in [5, 5.41) is 9.22. The van der Waals surface area contributed by atoms with Crippen molar-refractivity contribution in [2.45, 2.75) is 25.6 Å². The van der Waals surface area contributed by atoms with Crippen LogP contribution in [-0.4, -0.2) is 63.5 Å². The molecule has 1 unspecified atom stereocenters. The van der Waals surface area contributed by atoms with E-state index in [2.05, 4.69) is 4.90 Å². The number of nitrogens with zero attached hydrogens (tertiary/aromatic N) is 1. The second-order valence-corrected chi connectivity index (χ2v) is 6.10. The summed E-state index contributed by atoms with van der Waals surface area (Å²) >= 11 is 0. The average molecular weight is 351 g/mol. The third-order valence-corrected chi connectivity index (χ3v) is 4.34. The molecule has 2 fully saturated rings. The lowest BCUT2D eigenvalue weighted by Gasteiger charge is -2.30. The molecule has 0 bridgehead atoms. The van der Waals surface area contributed by atoms with Crippen molar-refractivity contribution < 1.29 is 28.8 Å². The fraction of sp³-hybridized carbons (Fsp3) is 0.611. The minimum absolute atomic E-state index is 0.151. The number of morpholine rings is 1. The van der Waals surface area contributed by atoms with E-state index in [9.17, 15) is 9.90 Å². The number of aromatic carboxylic acids is 1. The first-order valence-corrected chi connectivity index (χ1v) is 8.80. The predicted molar refractivity (Wildman–Crippen MR) is 91.5 cm³/mol. The lowest BCUT2D eigenvalue weighted by atomic mass is 10.1. The largest absolute Gasteiger partial charge is 0.489 e. The quantitative estimate of drug-likeness (QED) is 0.754. The van der Waals surface area contributed by atoms with Crippen LogP contribution >= 0.6 is 0 Å². The molecule has 0 aromatic heterocycles. The molecule has 0 radical (unpaired) electrons. The van der Waals surface area contributed by atoms with Gasteiger partial charge in [0.1, 0.15) is 12.4 Å². The van der Waals surface area contributed by atoms with Gasteiger partial charge in [-0.15, -0.1) is 0 Å². The van der Waals surface area contributed by atoms with Crippen LogP contribution in [0.5, 0.6) is 5.75 Å². The zero-order valence-electron chi connectivity index (χ0n) is 14.3. The number of anilines is 1. The van der Waals surface area contributed by atoms with Gasteiger partial charge in [0.25, 0.3) is 0 Å². The molecule has 1 aromatic rings. The van der Waals surface area contributed by atoms with Crippen molar-refractivity contribution in [3.8, 4) is 5.75 Å². The third kappa shape index (κ3) is 5.07. The van der Waals surface area contributed by atoms with Gasteiger partial charge < -0.3 is 29.0 Å². The van der Waals surface area contributed by atoms with Crippen molar-refractivity contribution in [3.05, 3.63) is 23.8 Å². The zero-order valence-corrected chi connectivity index (χ0v) is 14.3. The maximum absolute atomic E-state index is 11.2. The van der Waals surface area contributed by atoms with E-state index in [0.29, 0.717) is 32.2 Å². The maximum Gasteiger partial charge on any atom is 0.335 e. The standard InChI is InChI=1S/C18H25NO6/c20-18(21)14-4-5-15(19-6-9-22-10-7-19)16(13-14)23-11-12-25-17-3-1-2-8-24-17/h4-5,13,17H,1-3,6-12H2,(H,20,21). The Morgan fingerprint density at radius 1 is 1.20 bits per heavy atom. The Morgan fingerprint density at radius 3 is 2.76 bits per heavy atom. The molecular weight excluding hydrogens is 326 g/mol. The topological polar surface area (TPSA) is 77.5 Å². The van der Waals surface area contributed by atoms with Gasteiger partial charge in [-0.1, -0.05) is 0 Å². The van der Waals surface area contributed by atoms with Crippen LogP contribution < -0.4 is 9.64 Å². The molecule has 2 saturated heterocycles. The van der Waals surface area contributed by atoms with Crippen molar-refractivity contribution in [1.29, 1.82) is 0 Å². The summed E-state index contributed by atoms with van der Waals surface area (Å²) < 4.78 is 22.4. The first-order valence-electron chi connectivity index (χ1n) is 8.80. The van der Waals surface area contributed by atoms with Crippen LogP contribution in [0.25, 0.3) is 0 Å². The molecule has 0 aliphatic carbocycles. The van der Waals surface area contributed by atoms with E-state index in [1.165, 1.54) is 0 Å². The van der Waals surface area contributed by atoms with Gasteiger partial charge in [-0.25, -0.2) is 4.79 Å². The van der Waals surface area contributed by atoms with Gasteiger partial charge in [0.15, 0.2) is 6.29 Å². The highest BCUT2D eigenvalue weighted by Crippen LogP contribution is 2.30. The highest BCUT2D eigenvalue weighted by molar-refractivity contribution is 5.89. The molecular formula is C18H25NO6. The van der Waals surface area contributed by atoms with E-state index < -0.39 is 5.97 Å². The Balaban J connectivity index is 1.60. The van der Waals surface area contributed by atoms with Gasteiger partial charge in [-0.3, -0.25) is 0 Å². The smallest absolute Gasteiger partial charge is 0.335 e. The van der Waals surface area contributed by atoms with Crippen LogP contribution in [0.1, 0.15) is 29.6 Å². The average Bonchev–Trinajstić information content (AvgIpc) is 2.66. The fourth-order valence-electron chi connectivity index (χ4n) is 3.00. The number of carbonyl (C=O) groups is 1. The van der Waals surface area contributed by atoms with Crippen LogP contribution in [0.3, 0.4) is 0 Å². The fourth-order valence-corrected chi connectivity index (χ4v) is 3.00. The molecule has 0 spiro atoms. The monoisotopic (exact) mass is 351 g/mol. The van der Waals surface area contributed by atoms with Crippen LogP contribution in [0.4, 0.5) is 5.69 Å². The maximum atomic E-state index is 11.2. The third-order valence-electron chi connectivity index (χ3n) is 4.34. The van der Waals surface area contributed by atoms with Crippen LogP contribution in [0.15, 0.2) is 18.2 Å². The molecule has 7 nitrogen and oxygen atoms in total. The number of ether oxygens (including phenoxy) is 4. The number of hydrogen-bond donors (Lipinski definition) is 1. The second-order valence-electron chi connectivity index (χ2n) is 6.10. The number of carboxylic acid groups (broad SMARTS) is 1. The van der Waals surface area contributed by atoms with E-state index in [4.69, 9.17) is 18.9 Å². The predicted octanol–water partition coefficient (Wildman–Crippen LogP) is 2.14. The summed E-state index contributed by atoms with van der Waals surface area (Å²) in [6.45, 7) is 4.33. The number of carboxylic acids is 1. The van der Waals surface area contributed by atoms with Crippen molar-refractivity contribution in [1.82, 2.24) is 0 Å². The Kier molecular flexibility index (Phi) is 6.49. The molecule has 1 aromatic carbocycles.